The summed E-state index contributed by atoms with van der Waals surface area (Å²) < 4.78 is 22.9. The normalized spacial score (nSPS) is 46.0. The van der Waals surface area contributed by atoms with Gasteiger partial charge in [0.15, 0.2) is 11.5 Å². The van der Waals surface area contributed by atoms with Crippen molar-refractivity contribution in [3.8, 4) is 11.5 Å². The molecule has 8 nitrogen and oxygen atoms in total. The van der Waals surface area contributed by atoms with E-state index in [0.717, 1.165) is 32.2 Å². The molecule has 10 atom stereocenters. The molecule has 2 spiro atoms. The van der Waals surface area contributed by atoms with Crippen LogP contribution < -0.4 is 9.47 Å². The van der Waals surface area contributed by atoms with Crippen LogP contribution in [-0.4, -0.2) is 74.1 Å². The molecule has 218 valence electrons. The number of esters is 2. The van der Waals surface area contributed by atoms with E-state index in [-0.39, 0.29) is 23.4 Å². The van der Waals surface area contributed by atoms with Gasteiger partial charge < -0.3 is 29.0 Å². The first-order valence-electron chi connectivity index (χ1n) is 15.0. The molecule has 7 fully saturated rings. The van der Waals surface area contributed by atoms with Gasteiger partial charge >= 0.3 is 11.9 Å². The number of ether oxygens (including phenoxy) is 4. The van der Waals surface area contributed by atoms with E-state index in [1.165, 1.54) is 33.3 Å². The summed E-state index contributed by atoms with van der Waals surface area (Å²) in [5.74, 6) is 1.37. The number of piperidine rings is 1. The Morgan fingerprint density at radius 3 is 2.55 bits per heavy atom. The largest absolute Gasteiger partial charge is 0.493 e. The average Bonchev–Trinajstić information content (AvgIpc) is 3.37. The summed E-state index contributed by atoms with van der Waals surface area (Å²) in [4.78, 5) is 28.5. The van der Waals surface area contributed by atoms with Crippen LogP contribution in [0.1, 0.15) is 69.2 Å². The third kappa shape index (κ3) is 3.10. The Balaban J connectivity index is 1.32. The summed E-state index contributed by atoms with van der Waals surface area (Å²) >= 11 is 0. The van der Waals surface area contributed by atoms with E-state index in [4.69, 9.17) is 18.9 Å². The Labute approximate surface area is 236 Å². The molecule has 1 unspecified atom stereocenters. The second-order valence-electron chi connectivity index (χ2n) is 14.1. The van der Waals surface area contributed by atoms with Gasteiger partial charge in [-0.05, 0) is 98.3 Å². The molecule has 1 aliphatic heterocycles. The zero-order valence-electron chi connectivity index (χ0n) is 24.4. The van der Waals surface area contributed by atoms with E-state index in [0.29, 0.717) is 46.3 Å². The Kier molecular flexibility index (Phi) is 5.71. The first-order chi connectivity index (χ1) is 19.0. The number of likely N-dealkylation sites (tertiary alicyclic amines) is 1. The van der Waals surface area contributed by atoms with Gasteiger partial charge in [-0.2, -0.15) is 0 Å². The molecule has 0 amide bonds. The van der Waals surface area contributed by atoms with Crippen LogP contribution in [0.25, 0.3) is 0 Å². The molecule has 1 N–H and O–H groups in total. The van der Waals surface area contributed by atoms with Gasteiger partial charge in [0.25, 0.3) is 0 Å². The van der Waals surface area contributed by atoms with Crippen LogP contribution >= 0.6 is 0 Å². The monoisotopic (exact) mass is 553 g/mol. The predicted molar refractivity (Wildman–Crippen MR) is 146 cm³/mol. The van der Waals surface area contributed by atoms with Crippen molar-refractivity contribution >= 4 is 11.9 Å². The van der Waals surface area contributed by atoms with Gasteiger partial charge in [0.2, 0.25) is 0 Å². The van der Waals surface area contributed by atoms with E-state index >= 15 is 0 Å². The Morgan fingerprint density at radius 2 is 1.82 bits per heavy atom. The van der Waals surface area contributed by atoms with E-state index in [9.17, 15) is 14.7 Å². The van der Waals surface area contributed by atoms with Gasteiger partial charge in [0.05, 0.1) is 19.8 Å². The highest BCUT2D eigenvalue weighted by atomic mass is 16.6. The van der Waals surface area contributed by atoms with Crippen LogP contribution in [0.4, 0.5) is 0 Å². The number of methoxy groups -OCH3 is 2. The van der Waals surface area contributed by atoms with Gasteiger partial charge in [0, 0.05) is 24.9 Å². The van der Waals surface area contributed by atoms with Crippen molar-refractivity contribution in [3.05, 3.63) is 23.8 Å². The third-order valence-corrected chi connectivity index (χ3v) is 12.8. The zero-order valence-corrected chi connectivity index (χ0v) is 24.4. The molecule has 7 aliphatic rings. The Morgan fingerprint density at radius 1 is 1.05 bits per heavy atom. The smallest absolute Gasteiger partial charge is 0.338 e. The maximum atomic E-state index is 13.9. The van der Waals surface area contributed by atoms with Gasteiger partial charge in [-0.15, -0.1) is 0 Å². The van der Waals surface area contributed by atoms with Crippen LogP contribution in [0, 0.1) is 39.9 Å². The number of carbonyl (C=O) groups is 2. The number of benzene rings is 1. The van der Waals surface area contributed by atoms with Crippen molar-refractivity contribution in [1.29, 1.82) is 0 Å². The minimum Gasteiger partial charge on any atom is -0.493 e. The topological polar surface area (TPSA) is 94.5 Å². The van der Waals surface area contributed by atoms with E-state index in [2.05, 4.69) is 18.9 Å². The average molecular weight is 554 g/mol. The Bertz CT molecular complexity index is 1250. The first-order valence-corrected chi connectivity index (χ1v) is 15.0. The van der Waals surface area contributed by atoms with Crippen molar-refractivity contribution in [2.24, 2.45) is 39.9 Å². The molecular formula is C32H43NO7. The summed E-state index contributed by atoms with van der Waals surface area (Å²) in [6.45, 7) is 4.84. The summed E-state index contributed by atoms with van der Waals surface area (Å²) in [6, 6.07) is 5.45. The maximum absolute atomic E-state index is 13.9. The highest BCUT2D eigenvalue weighted by molar-refractivity contribution is 5.90. The van der Waals surface area contributed by atoms with Crippen molar-refractivity contribution in [2.45, 2.75) is 76.5 Å². The van der Waals surface area contributed by atoms with Crippen LogP contribution in [0.15, 0.2) is 18.2 Å². The summed E-state index contributed by atoms with van der Waals surface area (Å²) in [6.07, 6.45) is 6.84. The van der Waals surface area contributed by atoms with Crippen molar-refractivity contribution in [1.82, 2.24) is 4.90 Å². The fourth-order valence-corrected chi connectivity index (χ4v) is 11.9. The van der Waals surface area contributed by atoms with Gasteiger partial charge in [-0.3, -0.25) is 4.79 Å². The molecule has 1 saturated heterocycles. The number of fused-ring (bicyclic) bond motifs is 2. The molecule has 0 radical (unpaired) electrons. The molecular weight excluding hydrogens is 510 g/mol. The number of hydrogen-bond acceptors (Lipinski definition) is 8. The number of hydrogen-bond donors (Lipinski definition) is 1. The molecule has 7 bridgehead atoms. The number of rotatable bonds is 6. The number of aliphatic hydroxyl groups is 1. The van der Waals surface area contributed by atoms with E-state index in [1.807, 2.05) is 0 Å². The molecule has 6 saturated carbocycles. The highest BCUT2D eigenvalue weighted by Gasteiger charge is 2.85. The standard InChI is InChI=1S/C32H43NO7/c1-18(34)39-17-32(36)20-9-12-30(28(32)40-27(35)19-7-8-22(37-4)23(13-19)38-5)21-15-24-29(2)10-6-11-31(24,25(30)14-20)26(21)33(3)16-29/h7-8,13,20-21,24-26,28,36H,6,9-12,14-17H2,1-5H3/t20-,21-,24+,25+,26?,28-,29-,30-,31-,32-/m0/s1. The second-order valence-corrected chi connectivity index (χ2v) is 14.1. The van der Waals surface area contributed by atoms with Gasteiger partial charge in [0.1, 0.15) is 18.3 Å². The summed E-state index contributed by atoms with van der Waals surface area (Å²) in [7, 11) is 5.39. The molecule has 6 aliphatic carbocycles. The van der Waals surface area contributed by atoms with E-state index in [1.54, 1.807) is 25.3 Å². The second kappa shape index (κ2) is 8.60. The van der Waals surface area contributed by atoms with Crippen LogP contribution in [0.5, 0.6) is 11.5 Å². The van der Waals surface area contributed by atoms with Crippen molar-refractivity contribution < 1.29 is 33.6 Å². The van der Waals surface area contributed by atoms with E-state index < -0.39 is 23.6 Å². The molecule has 40 heavy (non-hydrogen) atoms. The van der Waals surface area contributed by atoms with Crippen LogP contribution in [-0.2, 0) is 14.3 Å². The molecule has 0 aromatic heterocycles. The summed E-state index contributed by atoms with van der Waals surface area (Å²) in [5, 5.41) is 12.5. The lowest BCUT2D eigenvalue weighted by Gasteiger charge is -2.69. The van der Waals surface area contributed by atoms with Gasteiger partial charge in [-0.25, -0.2) is 4.79 Å². The van der Waals surface area contributed by atoms with Crippen LogP contribution in [0.3, 0.4) is 0 Å². The lowest BCUT2D eigenvalue weighted by atomic mass is 9.38. The number of carbonyl (C=O) groups excluding carboxylic acids is 2. The lowest BCUT2D eigenvalue weighted by Crippen LogP contribution is -2.73. The molecule has 1 heterocycles. The van der Waals surface area contributed by atoms with Crippen molar-refractivity contribution in [2.75, 3.05) is 34.4 Å². The minimum atomic E-state index is -1.42. The fourth-order valence-electron chi connectivity index (χ4n) is 11.9. The van der Waals surface area contributed by atoms with Crippen molar-refractivity contribution in [3.63, 3.8) is 0 Å². The minimum absolute atomic E-state index is 0.0881. The Hall–Kier alpha value is -2.32. The summed E-state index contributed by atoms with van der Waals surface area (Å²) in [5.41, 5.74) is -0.896. The molecule has 1 aromatic carbocycles. The number of nitrogens with zero attached hydrogens (tertiary/aromatic N) is 1. The fraction of sp³-hybridized carbons (Fsp3) is 0.750. The zero-order chi connectivity index (χ0) is 28.2. The molecule has 1 aromatic rings. The SMILES string of the molecule is COc1ccc(C(=O)O[C@@H]2[C@](O)(COC(C)=O)[C@H]3CC[C@@]24[C@H]2C[C@@H]5[C@@]6(C)CCC[C@@]5(C2N(C)C6)[C@@H]4C3)cc1OC. The third-order valence-electron chi connectivity index (χ3n) is 12.8. The quantitative estimate of drug-likeness (QED) is 0.527. The molecule has 8 heteroatoms. The predicted octanol–water partition coefficient (Wildman–Crippen LogP) is 4.08. The van der Waals surface area contributed by atoms with Gasteiger partial charge in [-0.1, -0.05) is 13.3 Å². The maximum Gasteiger partial charge on any atom is 0.338 e. The molecule has 8 rings (SSSR count). The first kappa shape index (κ1) is 26.6. The van der Waals surface area contributed by atoms with Crippen LogP contribution in [0.2, 0.25) is 0 Å². The highest BCUT2D eigenvalue weighted by Crippen LogP contribution is 2.84. The lowest BCUT2D eigenvalue weighted by molar-refractivity contribution is -0.287.